The number of aliphatic hydroxyl groups excluding tert-OH is 1. The zero-order valence-electron chi connectivity index (χ0n) is 17.3. The first-order valence-corrected chi connectivity index (χ1v) is 11.3. The van der Waals surface area contributed by atoms with Gasteiger partial charge in [-0.05, 0) is 30.2 Å². The Bertz CT molecular complexity index is 1320. The normalized spacial score (nSPS) is 15.3. The van der Waals surface area contributed by atoms with Gasteiger partial charge in [0.2, 0.25) is 0 Å². The molecule has 32 heavy (non-hydrogen) atoms. The van der Waals surface area contributed by atoms with Crippen LogP contribution in [0.4, 0.5) is 0 Å². The molecule has 0 aliphatic carbocycles. The number of amides is 1. The van der Waals surface area contributed by atoms with Crippen LogP contribution < -0.4 is 5.43 Å². The highest BCUT2D eigenvalue weighted by Gasteiger charge is 2.40. The van der Waals surface area contributed by atoms with Crippen molar-refractivity contribution in [2.24, 2.45) is 5.10 Å². The standard InChI is InChI=1S/C24H21N3O4S/c1-17(19-12-6-3-7-13-19)25-26-24(29)22-23(28)20-14-8-9-15-21(20)32(30,31)27(22)16-18-10-4-2-5-11-18/h2-15,28H,16H2,1H3,(H,26,29)/b25-17+. The Labute approximate surface area is 186 Å². The summed E-state index contributed by atoms with van der Waals surface area (Å²) in [7, 11) is -4.09. The topological polar surface area (TPSA) is 99.1 Å². The van der Waals surface area contributed by atoms with Gasteiger partial charge in [-0.15, -0.1) is 0 Å². The first kappa shape index (κ1) is 21.3. The molecule has 0 radical (unpaired) electrons. The predicted molar refractivity (Wildman–Crippen MR) is 122 cm³/mol. The van der Waals surface area contributed by atoms with E-state index in [2.05, 4.69) is 10.5 Å². The van der Waals surface area contributed by atoms with Crippen LogP contribution in [-0.4, -0.2) is 29.4 Å². The SMILES string of the molecule is C/C(=N\NC(=O)C1=C(O)c2ccccc2S(=O)(=O)N1Cc1ccccc1)c1ccccc1. The van der Waals surface area contributed by atoms with Crippen LogP contribution in [0.25, 0.3) is 5.76 Å². The molecular weight excluding hydrogens is 426 g/mol. The van der Waals surface area contributed by atoms with Gasteiger partial charge in [0.25, 0.3) is 15.9 Å². The quantitative estimate of drug-likeness (QED) is 0.461. The molecule has 1 aliphatic heterocycles. The Balaban J connectivity index is 1.76. The number of nitrogens with one attached hydrogen (secondary N) is 1. The Morgan fingerprint density at radius 3 is 2.22 bits per heavy atom. The molecule has 3 aromatic rings. The minimum absolute atomic E-state index is 0.0612. The lowest BCUT2D eigenvalue weighted by Gasteiger charge is -2.31. The molecule has 8 heteroatoms. The molecular formula is C24H21N3O4S. The second-order valence-electron chi connectivity index (χ2n) is 7.19. The Hall–Kier alpha value is -3.91. The number of benzene rings is 3. The van der Waals surface area contributed by atoms with Gasteiger partial charge in [-0.25, -0.2) is 13.8 Å². The molecule has 162 valence electrons. The smallest absolute Gasteiger partial charge is 0.292 e. The summed E-state index contributed by atoms with van der Waals surface area (Å²) in [5.41, 5.74) is 4.09. The van der Waals surface area contributed by atoms with E-state index in [1.165, 1.54) is 12.1 Å². The number of hydrazone groups is 1. The van der Waals surface area contributed by atoms with Crippen LogP contribution in [0, 0.1) is 0 Å². The predicted octanol–water partition coefficient (Wildman–Crippen LogP) is 3.66. The minimum Gasteiger partial charge on any atom is -0.505 e. The Morgan fingerprint density at radius 2 is 1.53 bits per heavy atom. The van der Waals surface area contributed by atoms with Crippen LogP contribution in [0.2, 0.25) is 0 Å². The van der Waals surface area contributed by atoms with Gasteiger partial charge in [-0.1, -0.05) is 72.8 Å². The van der Waals surface area contributed by atoms with E-state index in [9.17, 15) is 18.3 Å². The number of rotatable bonds is 5. The van der Waals surface area contributed by atoms with Crippen LogP contribution in [0.5, 0.6) is 0 Å². The first-order valence-electron chi connectivity index (χ1n) is 9.89. The van der Waals surface area contributed by atoms with E-state index in [1.807, 2.05) is 36.4 Å². The summed E-state index contributed by atoms with van der Waals surface area (Å²) >= 11 is 0. The third-order valence-electron chi connectivity index (χ3n) is 5.08. The number of carbonyl (C=O) groups excluding carboxylic acids is 1. The van der Waals surface area contributed by atoms with E-state index in [0.29, 0.717) is 11.3 Å². The molecule has 0 bridgehead atoms. The lowest BCUT2D eigenvalue weighted by molar-refractivity contribution is -0.118. The fourth-order valence-corrected chi connectivity index (χ4v) is 5.10. The summed E-state index contributed by atoms with van der Waals surface area (Å²) in [5.74, 6) is -1.25. The van der Waals surface area contributed by atoms with E-state index in [0.717, 1.165) is 9.87 Å². The second-order valence-corrected chi connectivity index (χ2v) is 9.03. The van der Waals surface area contributed by atoms with Gasteiger partial charge in [0.1, 0.15) is 0 Å². The molecule has 0 atom stereocenters. The molecule has 1 heterocycles. The maximum Gasteiger partial charge on any atom is 0.292 e. The lowest BCUT2D eigenvalue weighted by atomic mass is 10.1. The zero-order valence-corrected chi connectivity index (χ0v) is 18.1. The van der Waals surface area contributed by atoms with Gasteiger partial charge < -0.3 is 5.11 Å². The van der Waals surface area contributed by atoms with Crippen molar-refractivity contribution in [2.45, 2.75) is 18.4 Å². The number of sulfonamides is 1. The Morgan fingerprint density at radius 1 is 0.938 bits per heavy atom. The maximum absolute atomic E-state index is 13.4. The summed E-state index contributed by atoms with van der Waals surface area (Å²) in [4.78, 5) is 13.0. The van der Waals surface area contributed by atoms with E-state index < -0.39 is 21.7 Å². The van der Waals surface area contributed by atoms with Crippen molar-refractivity contribution in [3.05, 3.63) is 107 Å². The molecule has 0 fully saturated rings. The van der Waals surface area contributed by atoms with Gasteiger partial charge in [-0.2, -0.15) is 5.10 Å². The summed E-state index contributed by atoms with van der Waals surface area (Å²) < 4.78 is 27.7. The number of aliphatic hydroxyl groups is 1. The van der Waals surface area contributed by atoms with Crippen LogP contribution in [0.3, 0.4) is 0 Å². The van der Waals surface area contributed by atoms with Crippen molar-refractivity contribution in [1.82, 2.24) is 9.73 Å². The summed E-state index contributed by atoms with van der Waals surface area (Å²) in [6.45, 7) is 1.60. The molecule has 0 aromatic heterocycles. The molecule has 0 saturated heterocycles. The van der Waals surface area contributed by atoms with Crippen molar-refractivity contribution in [1.29, 1.82) is 0 Å². The van der Waals surface area contributed by atoms with Crippen molar-refractivity contribution in [3.63, 3.8) is 0 Å². The van der Waals surface area contributed by atoms with Gasteiger partial charge in [0.05, 0.1) is 17.2 Å². The van der Waals surface area contributed by atoms with Crippen LogP contribution in [0.15, 0.2) is 101 Å². The largest absolute Gasteiger partial charge is 0.505 e. The van der Waals surface area contributed by atoms with Gasteiger partial charge in [-0.3, -0.25) is 9.10 Å². The molecule has 4 rings (SSSR count). The van der Waals surface area contributed by atoms with Crippen LogP contribution in [0.1, 0.15) is 23.6 Å². The minimum atomic E-state index is -4.09. The molecule has 1 amide bonds. The first-order chi connectivity index (χ1) is 15.4. The van der Waals surface area contributed by atoms with Crippen LogP contribution in [-0.2, 0) is 21.4 Å². The zero-order chi connectivity index (χ0) is 22.7. The van der Waals surface area contributed by atoms with Gasteiger partial charge in [0.15, 0.2) is 11.5 Å². The van der Waals surface area contributed by atoms with E-state index >= 15 is 0 Å². The van der Waals surface area contributed by atoms with Crippen molar-refractivity contribution in [3.8, 4) is 0 Å². The molecule has 1 aliphatic rings. The summed E-state index contributed by atoms with van der Waals surface area (Å²) in [5, 5.41) is 15.0. The summed E-state index contributed by atoms with van der Waals surface area (Å²) in [6.07, 6.45) is 0. The third-order valence-corrected chi connectivity index (χ3v) is 6.89. The highest BCUT2D eigenvalue weighted by atomic mass is 32.2. The third kappa shape index (κ3) is 4.00. The number of fused-ring (bicyclic) bond motifs is 1. The highest BCUT2D eigenvalue weighted by Crippen LogP contribution is 2.36. The highest BCUT2D eigenvalue weighted by molar-refractivity contribution is 7.89. The average Bonchev–Trinajstić information content (AvgIpc) is 2.82. The molecule has 3 aromatic carbocycles. The van der Waals surface area contributed by atoms with Gasteiger partial charge >= 0.3 is 0 Å². The van der Waals surface area contributed by atoms with E-state index in [1.54, 1.807) is 43.3 Å². The summed E-state index contributed by atoms with van der Waals surface area (Å²) in [6, 6.07) is 24.1. The molecule has 0 spiro atoms. The average molecular weight is 448 g/mol. The fraction of sp³-hybridized carbons (Fsp3) is 0.0833. The fourth-order valence-electron chi connectivity index (χ4n) is 3.44. The lowest BCUT2D eigenvalue weighted by Crippen LogP contribution is -2.40. The van der Waals surface area contributed by atoms with Crippen LogP contribution >= 0.6 is 0 Å². The van der Waals surface area contributed by atoms with Crippen molar-refractivity contribution >= 4 is 27.4 Å². The monoisotopic (exact) mass is 447 g/mol. The number of carbonyl (C=O) groups is 1. The number of hydrogen-bond donors (Lipinski definition) is 2. The van der Waals surface area contributed by atoms with Crippen molar-refractivity contribution in [2.75, 3.05) is 0 Å². The molecule has 0 unspecified atom stereocenters. The second kappa shape index (κ2) is 8.68. The molecule has 2 N–H and O–H groups in total. The maximum atomic E-state index is 13.4. The number of hydrogen-bond acceptors (Lipinski definition) is 5. The number of nitrogens with zero attached hydrogens (tertiary/aromatic N) is 2. The Kier molecular flexibility index (Phi) is 5.79. The van der Waals surface area contributed by atoms with Crippen molar-refractivity contribution < 1.29 is 18.3 Å². The molecule has 0 saturated carbocycles. The molecule has 7 nitrogen and oxygen atoms in total. The van der Waals surface area contributed by atoms with E-state index in [4.69, 9.17) is 0 Å². The van der Waals surface area contributed by atoms with Gasteiger partial charge in [0, 0.05) is 5.56 Å². The van der Waals surface area contributed by atoms with E-state index in [-0.39, 0.29) is 22.7 Å².